The van der Waals surface area contributed by atoms with Crippen molar-refractivity contribution in [3.63, 3.8) is 0 Å². The number of rotatable bonds is 4. The molecule has 0 aliphatic heterocycles. The third-order valence-electron chi connectivity index (χ3n) is 5.28. The number of fused-ring (bicyclic) bond motifs is 1. The van der Waals surface area contributed by atoms with Gasteiger partial charge < -0.3 is 21.4 Å². The second-order valence-electron chi connectivity index (χ2n) is 8.75. The number of benzene rings is 2. The molecular formula is C23H28N6. The van der Waals surface area contributed by atoms with Gasteiger partial charge in [0.1, 0.15) is 11.6 Å². The largest absolute Gasteiger partial charge is 0.341 e. The second-order valence-corrected chi connectivity index (χ2v) is 8.75. The Balaban J connectivity index is 1.62. The summed E-state index contributed by atoms with van der Waals surface area (Å²) in [6.07, 6.45) is 1.82. The highest BCUT2D eigenvalue weighted by molar-refractivity contribution is 5.82. The molecule has 2 aromatic heterocycles. The minimum Gasteiger partial charge on any atom is -0.341 e. The molecule has 0 fully saturated rings. The highest BCUT2D eigenvalue weighted by atomic mass is 15.0. The van der Waals surface area contributed by atoms with Crippen LogP contribution in [0.1, 0.15) is 51.4 Å². The molecule has 29 heavy (non-hydrogen) atoms. The van der Waals surface area contributed by atoms with Gasteiger partial charge in [0.15, 0.2) is 0 Å². The van der Waals surface area contributed by atoms with Crippen LogP contribution in [-0.2, 0) is 0 Å². The van der Waals surface area contributed by atoms with Crippen LogP contribution in [0, 0.1) is 5.41 Å². The van der Waals surface area contributed by atoms with Gasteiger partial charge in [-0.15, -0.1) is 0 Å². The van der Waals surface area contributed by atoms with Crippen LogP contribution in [0.5, 0.6) is 0 Å². The third kappa shape index (κ3) is 3.81. The van der Waals surface area contributed by atoms with E-state index in [1.807, 2.05) is 19.2 Å². The zero-order valence-corrected chi connectivity index (χ0v) is 17.3. The Hall–Kier alpha value is -2.96. The molecule has 0 radical (unpaired) electrons. The normalized spacial score (nSPS) is 14.3. The molecule has 0 saturated heterocycles. The maximum Gasteiger partial charge on any atom is 0.124 e. The lowest BCUT2D eigenvalue weighted by Gasteiger charge is -2.24. The summed E-state index contributed by atoms with van der Waals surface area (Å²) in [7, 11) is 0. The van der Waals surface area contributed by atoms with Crippen LogP contribution in [0.3, 0.4) is 0 Å². The second kappa shape index (κ2) is 7.13. The molecule has 0 spiro atoms. The van der Waals surface area contributed by atoms with E-state index in [2.05, 4.69) is 77.1 Å². The van der Waals surface area contributed by atoms with Crippen molar-refractivity contribution in [2.45, 2.75) is 39.8 Å². The highest BCUT2D eigenvalue weighted by Gasteiger charge is 2.25. The number of aromatic amines is 2. The fraction of sp³-hybridized carbons (Fsp3) is 0.304. The zero-order chi connectivity index (χ0) is 20.8. The Kier molecular flexibility index (Phi) is 4.76. The van der Waals surface area contributed by atoms with Crippen molar-refractivity contribution < 1.29 is 0 Å². The monoisotopic (exact) mass is 388 g/mol. The fourth-order valence-electron chi connectivity index (χ4n) is 3.32. The number of aromatic nitrogens is 4. The topological polar surface area (TPSA) is 109 Å². The molecule has 6 N–H and O–H groups in total. The van der Waals surface area contributed by atoms with Crippen LogP contribution in [0.15, 0.2) is 48.7 Å². The quantitative estimate of drug-likeness (QED) is 0.407. The molecule has 0 bridgehead atoms. The molecule has 4 rings (SSSR count). The van der Waals surface area contributed by atoms with E-state index >= 15 is 0 Å². The Labute approximate surface area is 170 Å². The number of nitrogens with zero attached hydrogens (tertiary/aromatic N) is 2. The van der Waals surface area contributed by atoms with Crippen LogP contribution in [0.25, 0.3) is 33.4 Å². The number of imidazole rings is 2. The van der Waals surface area contributed by atoms with E-state index in [9.17, 15) is 0 Å². The summed E-state index contributed by atoms with van der Waals surface area (Å²) in [5, 5.41) is 0. The molecule has 150 valence electrons. The third-order valence-corrected chi connectivity index (χ3v) is 5.28. The van der Waals surface area contributed by atoms with Gasteiger partial charge in [-0.1, -0.05) is 51.1 Å². The summed E-state index contributed by atoms with van der Waals surface area (Å²) in [4.78, 5) is 15.7. The molecule has 2 atom stereocenters. The lowest BCUT2D eigenvalue weighted by Crippen LogP contribution is -2.27. The summed E-state index contributed by atoms with van der Waals surface area (Å²) in [6, 6.07) is 14.4. The molecule has 2 heterocycles. The smallest absolute Gasteiger partial charge is 0.124 e. The van der Waals surface area contributed by atoms with Crippen LogP contribution in [0.2, 0.25) is 0 Å². The van der Waals surface area contributed by atoms with Gasteiger partial charge in [-0.25, -0.2) is 9.97 Å². The highest BCUT2D eigenvalue weighted by Crippen LogP contribution is 2.31. The first-order valence-corrected chi connectivity index (χ1v) is 9.89. The summed E-state index contributed by atoms with van der Waals surface area (Å²) < 4.78 is 0. The maximum atomic E-state index is 6.37. The van der Waals surface area contributed by atoms with E-state index in [4.69, 9.17) is 11.5 Å². The van der Waals surface area contributed by atoms with E-state index < -0.39 is 0 Å². The Morgan fingerprint density at radius 3 is 2.14 bits per heavy atom. The predicted octanol–water partition coefficient (Wildman–Crippen LogP) is 4.69. The van der Waals surface area contributed by atoms with Crippen molar-refractivity contribution in [3.8, 4) is 22.4 Å². The van der Waals surface area contributed by atoms with E-state index in [0.717, 1.165) is 45.1 Å². The average molecular weight is 389 g/mol. The van der Waals surface area contributed by atoms with Gasteiger partial charge in [0.25, 0.3) is 0 Å². The van der Waals surface area contributed by atoms with Crippen molar-refractivity contribution in [2.24, 2.45) is 16.9 Å². The first-order valence-electron chi connectivity index (χ1n) is 9.89. The molecule has 2 aromatic carbocycles. The van der Waals surface area contributed by atoms with Gasteiger partial charge in [0, 0.05) is 0 Å². The fourth-order valence-corrected chi connectivity index (χ4v) is 3.32. The number of nitrogens with one attached hydrogen (secondary N) is 2. The standard InChI is InChI=1S/C23H28N6/c1-13(24)21-26-12-19(29-21)15-7-5-14(6-8-15)16-9-10-17-18(11-16)28-22(27-17)20(25)23(2,3)4/h5-13,20H,24-25H2,1-4H3,(H,26,29)(H,27,28)/t13-,20+/m0/s1. The van der Waals surface area contributed by atoms with Crippen molar-refractivity contribution >= 4 is 11.0 Å². The molecule has 4 aromatic rings. The van der Waals surface area contributed by atoms with Gasteiger partial charge in [-0.05, 0) is 41.2 Å². The minimum atomic E-state index is -0.145. The summed E-state index contributed by atoms with van der Waals surface area (Å²) in [5.74, 6) is 1.61. The van der Waals surface area contributed by atoms with Crippen molar-refractivity contribution in [2.75, 3.05) is 0 Å². The molecular weight excluding hydrogens is 360 g/mol. The summed E-state index contributed by atoms with van der Waals surface area (Å²) in [5.41, 5.74) is 18.4. The lowest BCUT2D eigenvalue weighted by atomic mass is 9.87. The predicted molar refractivity (Wildman–Crippen MR) is 118 cm³/mol. The van der Waals surface area contributed by atoms with Gasteiger partial charge >= 0.3 is 0 Å². The van der Waals surface area contributed by atoms with E-state index in [-0.39, 0.29) is 17.5 Å². The van der Waals surface area contributed by atoms with Crippen molar-refractivity contribution in [1.82, 2.24) is 19.9 Å². The number of hydrogen-bond acceptors (Lipinski definition) is 4. The SMILES string of the molecule is C[C@H](N)c1ncc(-c2ccc(-c3ccc4nc([C@@H](N)C(C)(C)C)[nH]c4c3)cc2)[nH]1. The van der Waals surface area contributed by atoms with Crippen LogP contribution in [0.4, 0.5) is 0 Å². The molecule has 0 unspecified atom stereocenters. The minimum absolute atomic E-state index is 0.0548. The number of hydrogen-bond donors (Lipinski definition) is 4. The molecule has 6 nitrogen and oxygen atoms in total. The average Bonchev–Trinajstić information content (AvgIpc) is 3.33. The molecule has 0 saturated carbocycles. The van der Waals surface area contributed by atoms with Crippen molar-refractivity contribution in [3.05, 3.63) is 60.3 Å². The van der Waals surface area contributed by atoms with Gasteiger partial charge in [-0.2, -0.15) is 0 Å². The zero-order valence-electron chi connectivity index (χ0n) is 17.3. The number of H-pyrrole nitrogens is 2. The lowest BCUT2D eigenvalue weighted by molar-refractivity contribution is 0.317. The van der Waals surface area contributed by atoms with Crippen LogP contribution in [-0.4, -0.2) is 19.9 Å². The molecule has 0 amide bonds. The Morgan fingerprint density at radius 1 is 0.862 bits per heavy atom. The first kappa shape index (κ1) is 19.4. The number of nitrogens with two attached hydrogens (primary N) is 2. The summed E-state index contributed by atoms with van der Waals surface area (Å²) in [6.45, 7) is 8.27. The van der Waals surface area contributed by atoms with Crippen molar-refractivity contribution in [1.29, 1.82) is 0 Å². The Bertz CT molecular complexity index is 1130. The molecule has 0 aliphatic rings. The van der Waals surface area contributed by atoms with E-state index in [0.29, 0.717) is 0 Å². The maximum absolute atomic E-state index is 6.37. The molecule has 0 aliphatic carbocycles. The summed E-state index contributed by atoms with van der Waals surface area (Å²) >= 11 is 0. The van der Waals surface area contributed by atoms with Gasteiger partial charge in [0.05, 0.1) is 35.0 Å². The Morgan fingerprint density at radius 2 is 1.52 bits per heavy atom. The first-order chi connectivity index (χ1) is 13.7. The van der Waals surface area contributed by atoms with E-state index in [1.165, 1.54) is 0 Å². The van der Waals surface area contributed by atoms with E-state index in [1.54, 1.807) is 0 Å². The van der Waals surface area contributed by atoms with Gasteiger partial charge in [-0.3, -0.25) is 0 Å². The van der Waals surface area contributed by atoms with Crippen LogP contribution < -0.4 is 11.5 Å². The molecule has 6 heteroatoms. The van der Waals surface area contributed by atoms with Gasteiger partial charge in [0.2, 0.25) is 0 Å². The van der Waals surface area contributed by atoms with Crippen LogP contribution >= 0.6 is 0 Å².